The normalized spacial score (nSPS) is 31.3. The number of rotatable bonds is 3. The van der Waals surface area contributed by atoms with Crippen LogP contribution in [0.5, 0.6) is 0 Å². The maximum absolute atomic E-state index is 13.6. The molecule has 2 aliphatic rings. The number of hydrogen-bond donors (Lipinski definition) is 2. The molecule has 0 saturated carbocycles. The lowest BCUT2D eigenvalue weighted by atomic mass is 9.79. The average Bonchev–Trinajstić information content (AvgIpc) is 2.78. The second-order valence-corrected chi connectivity index (χ2v) is 10.9. The highest BCUT2D eigenvalue weighted by molar-refractivity contribution is 7.58. The minimum atomic E-state index is -2.53. The van der Waals surface area contributed by atoms with Gasteiger partial charge in [-0.3, -0.25) is 9.65 Å². The molecule has 0 aliphatic carbocycles. The molecule has 2 heterocycles. The van der Waals surface area contributed by atoms with E-state index in [1.807, 2.05) is 18.2 Å². The molecule has 0 radical (unpaired) electrons. The standard InChI is InChI=1S/C18H30N3OP/c1-17(2)12-16(13-18(3,4)20-17)21-11-10-19-23(21,22)14-15-8-6-5-7-9-15/h5-9,16,20H,10-14H2,1-4H3,(H,19,22). The van der Waals surface area contributed by atoms with E-state index in [2.05, 4.69) is 54.9 Å². The van der Waals surface area contributed by atoms with Gasteiger partial charge in [0, 0.05) is 30.2 Å². The molecule has 2 saturated heterocycles. The number of nitrogens with one attached hydrogen (secondary N) is 2. The van der Waals surface area contributed by atoms with Crippen molar-refractivity contribution in [1.29, 1.82) is 0 Å². The maximum atomic E-state index is 13.6. The molecule has 0 amide bonds. The van der Waals surface area contributed by atoms with Crippen LogP contribution in [0.3, 0.4) is 0 Å². The predicted molar refractivity (Wildman–Crippen MR) is 96.8 cm³/mol. The van der Waals surface area contributed by atoms with Gasteiger partial charge in [-0.1, -0.05) is 30.3 Å². The van der Waals surface area contributed by atoms with E-state index in [-0.39, 0.29) is 11.1 Å². The first-order valence-electron chi connectivity index (χ1n) is 8.64. The van der Waals surface area contributed by atoms with Crippen molar-refractivity contribution in [2.24, 2.45) is 0 Å². The molecular weight excluding hydrogens is 305 g/mol. The number of hydrogen-bond acceptors (Lipinski definition) is 2. The van der Waals surface area contributed by atoms with Crippen molar-refractivity contribution in [2.45, 2.75) is 63.8 Å². The molecule has 3 rings (SSSR count). The van der Waals surface area contributed by atoms with Crippen molar-refractivity contribution < 1.29 is 4.57 Å². The summed E-state index contributed by atoms with van der Waals surface area (Å²) in [7, 11) is -2.53. The molecule has 1 aromatic rings. The molecule has 1 unspecified atom stereocenters. The van der Waals surface area contributed by atoms with Crippen LogP contribution in [0, 0.1) is 0 Å². The number of nitrogens with zero attached hydrogens (tertiary/aromatic N) is 1. The zero-order valence-electron chi connectivity index (χ0n) is 14.8. The zero-order chi connectivity index (χ0) is 16.7. The van der Waals surface area contributed by atoms with Gasteiger partial charge in [0.15, 0.2) is 0 Å². The van der Waals surface area contributed by atoms with Crippen molar-refractivity contribution in [1.82, 2.24) is 15.1 Å². The summed E-state index contributed by atoms with van der Waals surface area (Å²) < 4.78 is 15.9. The van der Waals surface area contributed by atoms with Gasteiger partial charge in [0.1, 0.15) is 0 Å². The molecule has 0 spiro atoms. The number of piperidine rings is 1. The first-order valence-corrected chi connectivity index (χ1v) is 10.5. The Bertz CT molecular complexity index is 584. The quantitative estimate of drug-likeness (QED) is 0.829. The van der Waals surface area contributed by atoms with Gasteiger partial charge in [-0.15, -0.1) is 0 Å². The fourth-order valence-electron chi connectivity index (χ4n) is 4.49. The van der Waals surface area contributed by atoms with E-state index >= 15 is 0 Å². The van der Waals surface area contributed by atoms with Gasteiger partial charge in [0.25, 0.3) is 0 Å². The van der Waals surface area contributed by atoms with Crippen LogP contribution in [0.2, 0.25) is 0 Å². The molecule has 1 atom stereocenters. The zero-order valence-corrected chi connectivity index (χ0v) is 15.7. The molecule has 5 heteroatoms. The monoisotopic (exact) mass is 335 g/mol. The smallest absolute Gasteiger partial charge is 0.218 e. The summed E-state index contributed by atoms with van der Waals surface area (Å²) in [6.45, 7) is 10.7. The fraction of sp³-hybridized carbons (Fsp3) is 0.667. The summed E-state index contributed by atoms with van der Waals surface area (Å²) in [5.74, 6) is 0. The van der Waals surface area contributed by atoms with Gasteiger partial charge in [-0.05, 0) is 46.1 Å². The lowest BCUT2D eigenvalue weighted by molar-refractivity contribution is 0.112. The van der Waals surface area contributed by atoms with Gasteiger partial charge < -0.3 is 5.32 Å². The molecule has 1 aromatic carbocycles. The van der Waals surface area contributed by atoms with E-state index in [1.165, 1.54) is 0 Å². The first kappa shape index (κ1) is 17.2. The van der Waals surface area contributed by atoms with E-state index in [4.69, 9.17) is 0 Å². The van der Waals surface area contributed by atoms with Crippen LogP contribution >= 0.6 is 7.44 Å². The largest absolute Gasteiger partial charge is 0.307 e. The van der Waals surface area contributed by atoms with Crippen LogP contribution in [0.4, 0.5) is 0 Å². The summed E-state index contributed by atoms with van der Waals surface area (Å²) in [5, 5.41) is 7.07. The van der Waals surface area contributed by atoms with Crippen molar-refractivity contribution in [3.63, 3.8) is 0 Å². The first-order chi connectivity index (χ1) is 10.7. The lowest BCUT2D eigenvalue weighted by Crippen LogP contribution is -2.61. The highest BCUT2D eigenvalue weighted by Gasteiger charge is 2.46. The van der Waals surface area contributed by atoms with Crippen LogP contribution < -0.4 is 10.4 Å². The Morgan fingerprint density at radius 1 is 1.13 bits per heavy atom. The summed E-state index contributed by atoms with van der Waals surface area (Å²) in [6, 6.07) is 10.6. The summed E-state index contributed by atoms with van der Waals surface area (Å²) in [4.78, 5) is 0. The van der Waals surface area contributed by atoms with Crippen molar-refractivity contribution >= 4 is 7.44 Å². The average molecular weight is 335 g/mol. The molecule has 23 heavy (non-hydrogen) atoms. The van der Waals surface area contributed by atoms with Crippen molar-refractivity contribution in [3.8, 4) is 0 Å². The van der Waals surface area contributed by atoms with E-state index in [0.29, 0.717) is 12.2 Å². The van der Waals surface area contributed by atoms with Gasteiger partial charge in [-0.2, -0.15) is 0 Å². The molecular formula is C18H30N3OP. The van der Waals surface area contributed by atoms with Crippen LogP contribution in [0.25, 0.3) is 0 Å². The highest BCUT2D eigenvalue weighted by Crippen LogP contribution is 2.54. The Kier molecular flexibility index (Phi) is 4.48. The lowest BCUT2D eigenvalue weighted by Gasteiger charge is -2.49. The van der Waals surface area contributed by atoms with E-state index in [9.17, 15) is 4.57 Å². The Labute approximate surface area is 140 Å². The minimum absolute atomic E-state index is 0.0760. The highest BCUT2D eigenvalue weighted by atomic mass is 31.2. The van der Waals surface area contributed by atoms with Crippen molar-refractivity contribution in [2.75, 3.05) is 13.1 Å². The summed E-state index contributed by atoms with van der Waals surface area (Å²) >= 11 is 0. The third-order valence-corrected chi connectivity index (χ3v) is 7.81. The Morgan fingerprint density at radius 2 is 1.74 bits per heavy atom. The van der Waals surface area contributed by atoms with Crippen LogP contribution in [0.1, 0.15) is 46.1 Å². The Balaban J connectivity index is 1.82. The van der Waals surface area contributed by atoms with Gasteiger partial charge in [0.2, 0.25) is 7.44 Å². The van der Waals surface area contributed by atoms with Crippen LogP contribution in [-0.2, 0) is 10.7 Å². The van der Waals surface area contributed by atoms with Crippen LogP contribution in [0.15, 0.2) is 30.3 Å². The Hall–Kier alpha value is -0.670. The molecule has 0 aromatic heterocycles. The van der Waals surface area contributed by atoms with Gasteiger partial charge in [-0.25, -0.2) is 4.67 Å². The third kappa shape index (κ3) is 3.88. The van der Waals surface area contributed by atoms with Crippen molar-refractivity contribution in [3.05, 3.63) is 35.9 Å². The SMILES string of the molecule is CC1(C)CC(N2CCNP2(=O)Cc2ccccc2)CC(C)(C)N1. The van der Waals surface area contributed by atoms with E-state index in [1.54, 1.807) is 0 Å². The van der Waals surface area contributed by atoms with E-state index in [0.717, 1.165) is 31.5 Å². The second kappa shape index (κ2) is 6.00. The summed E-state index contributed by atoms with van der Waals surface area (Å²) in [5.41, 5.74) is 1.31. The van der Waals surface area contributed by atoms with Gasteiger partial charge >= 0.3 is 0 Å². The summed E-state index contributed by atoms with van der Waals surface area (Å²) in [6.07, 6.45) is 2.70. The Morgan fingerprint density at radius 3 is 2.35 bits per heavy atom. The second-order valence-electron chi connectivity index (χ2n) is 8.37. The molecule has 128 valence electrons. The molecule has 2 N–H and O–H groups in total. The van der Waals surface area contributed by atoms with Crippen LogP contribution in [-0.4, -0.2) is 34.9 Å². The van der Waals surface area contributed by atoms with E-state index < -0.39 is 7.44 Å². The molecule has 2 fully saturated rings. The molecule has 4 nitrogen and oxygen atoms in total. The van der Waals surface area contributed by atoms with Gasteiger partial charge in [0.05, 0.1) is 6.16 Å². The number of benzene rings is 1. The minimum Gasteiger partial charge on any atom is -0.307 e. The topological polar surface area (TPSA) is 44.4 Å². The third-order valence-electron chi connectivity index (χ3n) is 4.94. The predicted octanol–water partition coefficient (Wildman–Crippen LogP) is 3.59. The molecule has 0 bridgehead atoms. The maximum Gasteiger partial charge on any atom is 0.218 e. The molecule has 2 aliphatic heterocycles. The fourth-order valence-corrected chi connectivity index (χ4v) is 7.24.